The minimum Gasteiger partial charge on any atom is -0.480 e. The van der Waals surface area contributed by atoms with Crippen molar-refractivity contribution in [3.63, 3.8) is 0 Å². The van der Waals surface area contributed by atoms with Crippen LogP contribution in [0.1, 0.15) is 21.0 Å². The van der Waals surface area contributed by atoms with Crippen LogP contribution in [0.2, 0.25) is 0 Å². The number of carbonyl (C=O) groups excluding carboxylic acids is 1. The van der Waals surface area contributed by atoms with E-state index in [4.69, 9.17) is 5.11 Å². The van der Waals surface area contributed by atoms with Crippen LogP contribution in [0, 0.1) is 6.92 Å². The molecule has 0 radical (unpaired) electrons. The molecular weight excluding hydrogens is 242 g/mol. The van der Waals surface area contributed by atoms with Gasteiger partial charge in [-0.15, -0.1) is 11.3 Å². The summed E-state index contributed by atoms with van der Waals surface area (Å²) in [6, 6.07) is 2.59. The maximum Gasteiger partial charge on any atom is 0.326 e. The second-order valence-corrected chi connectivity index (χ2v) is 5.40. The molecule has 1 aromatic heterocycles. The van der Waals surface area contributed by atoms with Crippen molar-refractivity contribution in [3.05, 3.63) is 21.9 Å². The maximum absolute atomic E-state index is 12.1. The summed E-state index contributed by atoms with van der Waals surface area (Å²) in [5.41, 5.74) is 0. The zero-order valence-electron chi connectivity index (χ0n) is 9.29. The first-order chi connectivity index (χ1) is 7.99. The number of aliphatic carboxylic acids is 1. The van der Waals surface area contributed by atoms with Gasteiger partial charge in [-0.05, 0) is 19.1 Å². The third-order valence-electron chi connectivity index (χ3n) is 2.78. The van der Waals surface area contributed by atoms with Crippen LogP contribution in [-0.2, 0) is 4.79 Å². The van der Waals surface area contributed by atoms with Gasteiger partial charge >= 0.3 is 5.97 Å². The van der Waals surface area contributed by atoms with Gasteiger partial charge in [0, 0.05) is 17.8 Å². The van der Waals surface area contributed by atoms with E-state index >= 15 is 0 Å². The monoisotopic (exact) mass is 255 g/mol. The highest BCUT2D eigenvalue weighted by Crippen LogP contribution is 2.24. The molecule has 1 saturated heterocycles. The van der Waals surface area contributed by atoms with Crippen molar-refractivity contribution in [1.29, 1.82) is 0 Å². The Morgan fingerprint density at radius 1 is 1.47 bits per heavy atom. The molecule has 0 aromatic carbocycles. The number of carboxylic acids is 1. The zero-order valence-corrected chi connectivity index (χ0v) is 10.1. The Balaban J connectivity index is 2.21. The molecule has 92 valence electrons. The summed E-state index contributed by atoms with van der Waals surface area (Å²) in [5.74, 6) is -1.38. The number of aliphatic hydroxyl groups is 1. The van der Waals surface area contributed by atoms with Crippen molar-refractivity contribution in [1.82, 2.24) is 4.90 Å². The average molecular weight is 255 g/mol. The average Bonchev–Trinajstić information content (AvgIpc) is 2.83. The van der Waals surface area contributed by atoms with Crippen LogP contribution in [0.25, 0.3) is 0 Å². The van der Waals surface area contributed by atoms with Gasteiger partial charge in [-0.1, -0.05) is 0 Å². The quantitative estimate of drug-likeness (QED) is 0.816. The second kappa shape index (κ2) is 4.46. The lowest BCUT2D eigenvalue weighted by atomic mass is 10.2. The number of aliphatic hydroxyl groups excluding tert-OH is 1. The molecule has 1 fully saturated rings. The van der Waals surface area contributed by atoms with E-state index in [2.05, 4.69) is 0 Å². The van der Waals surface area contributed by atoms with Gasteiger partial charge in [0.15, 0.2) is 0 Å². The van der Waals surface area contributed by atoms with E-state index in [0.29, 0.717) is 4.88 Å². The van der Waals surface area contributed by atoms with Crippen LogP contribution in [0.3, 0.4) is 0 Å². The van der Waals surface area contributed by atoms with Gasteiger partial charge in [0.2, 0.25) is 0 Å². The van der Waals surface area contributed by atoms with E-state index in [-0.39, 0.29) is 18.9 Å². The van der Waals surface area contributed by atoms with E-state index in [1.165, 1.54) is 16.2 Å². The molecule has 2 N–H and O–H groups in total. The van der Waals surface area contributed by atoms with Gasteiger partial charge < -0.3 is 15.1 Å². The standard InChI is InChI=1S/C11H13NO4S/c1-6-2-3-9(17-6)10(14)12-5-7(13)4-8(12)11(15)16/h2-3,7-8,13H,4-5H2,1H3,(H,15,16)/t7-,8-/m0/s1. The number of aryl methyl sites for hydroxylation is 1. The number of likely N-dealkylation sites (tertiary alicyclic amines) is 1. The normalized spacial score (nSPS) is 24.0. The molecule has 2 rings (SSSR count). The number of amides is 1. The highest BCUT2D eigenvalue weighted by Gasteiger charge is 2.39. The number of hydrogen-bond acceptors (Lipinski definition) is 4. The van der Waals surface area contributed by atoms with E-state index in [1.807, 2.05) is 13.0 Å². The second-order valence-electron chi connectivity index (χ2n) is 4.11. The lowest BCUT2D eigenvalue weighted by Gasteiger charge is -2.20. The molecule has 2 heterocycles. The summed E-state index contributed by atoms with van der Waals surface area (Å²) in [6.45, 7) is 1.97. The van der Waals surface area contributed by atoms with Gasteiger partial charge in [-0.25, -0.2) is 4.79 Å². The Kier molecular flexibility index (Phi) is 3.17. The molecule has 6 heteroatoms. The van der Waals surface area contributed by atoms with Gasteiger partial charge in [-0.2, -0.15) is 0 Å². The first-order valence-corrected chi connectivity index (χ1v) is 6.09. The summed E-state index contributed by atoms with van der Waals surface area (Å²) in [5, 5.41) is 18.5. The van der Waals surface area contributed by atoms with E-state index in [0.717, 1.165) is 4.88 Å². The number of nitrogens with zero attached hydrogens (tertiary/aromatic N) is 1. The van der Waals surface area contributed by atoms with Crippen LogP contribution in [0.5, 0.6) is 0 Å². The maximum atomic E-state index is 12.1. The SMILES string of the molecule is Cc1ccc(C(=O)N2C[C@@H](O)C[C@H]2C(=O)O)s1. The van der Waals surface area contributed by atoms with Gasteiger partial charge in [0.05, 0.1) is 11.0 Å². The Morgan fingerprint density at radius 2 is 2.18 bits per heavy atom. The Bertz CT molecular complexity index is 456. The summed E-state index contributed by atoms with van der Waals surface area (Å²) in [6.07, 6.45) is -0.646. The number of carbonyl (C=O) groups is 2. The Hall–Kier alpha value is -1.40. The Labute approximate surface area is 102 Å². The number of hydrogen-bond donors (Lipinski definition) is 2. The summed E-state index contributed by atoms with van der Waals surface area (Å²) < 4.78 is 0. The van der Waals surface area contributed by atoms with Crippen LogP contribution in [0.4, 0.5) is 0 Å². The lowest BCUT2D eigenvalue weighted by Crippen LogP contribution is -2.40. The molecule has 17 heavy (non-hydrogen) atoms. The molecule has 0 unspecified atom stereocenters. The molecule has 1 aliphatic rings. The summed E-state index contributed by atoms with van der Waals surface area (Å²) in [7, 11) is 0. The number of carboxylic acid groups (broad SMARTS) is 1. The van der Waals surface area contributed by atoms with Crippen molar-refractivity contribution in [2.45, 2.75) is 25.5 Å². The minimum absolute atomic E-state index is 0.0900. The molecule has 0 aliphatic carbocycles. The van der Waals surface area contributed by atoms with Crippen molar-refractivity contribution in [2.75, 3.05) is 6.54 Å². The fraction of sp³-hybridized carbons (Fsp3) is 0.455. The fourth-order valence-electron chi connectivity index (χ4n) is 1.96. The van der Waals surface area contributed by atoms with Crippen LogP contribution < -0.4 is 0 Å². The minimum atomic E-state index is -1.07. The smallest absolute Gasteiger partial charge is 0.326 e. The molecule has 1 amide bonds. The number of thiophene rings is 1. The third-order valence-corrected chi connectivity index (χ3v) is 3.76. The number of β-amino-alcohol motifs (C(OH)–C–C–N with tert-alkyl or cyclic N) is 1. The Morgan fingerprint density at radius 3 is 2.71 bits per heavy atom. The molecule has 1 aliphatic heterocycles. The van der Waals surface area contributed by atoms with Crippen molar-refractivity contribution in [3.8, 4) is 0 Å². The lowest BCUT2D eigenvalue weighted by molar-refractivity contribution is -0.141. The van der Waals surface area contributed by atoms with Gasteiger partial charge in [0.25, 0.3) is 5.91 Å². The highest BCUT2D eigenvalue weighted by atomic mass is 32.1. The first-order valence-electron chi connectivity index (χ1n) is 5.27. The van der Waals surface area contributed by atoms with Crippen molar-refractivity contribution >= 4 is 23.2 Å². The first kappa shape index (κ1) is 12.1. The van der Waals surface area contributed by atoms with Gasteiger partial charge in [0.1, 0.15) is 6.04 Å². The molecule has 5 nitrogen and oxygen atoms in total. The van der Waals surface area contributed by atoms with Crippen LogP contribution in [0.15, 0.2) is 12.1 Å². The molecule has 2 atom stereocenters. The molecule has 0 bridgehead atoms. The third kappa shape index (κ3) is 2.32. The van der Waals surface area contributed by atoms with Crippen molar-refractivity contribution < 1.29 is 19.8 Å². The van der Waals surface area contributed by atoms with Crippen molar-refractivity contribution in [2.24, 2.45) is 0 Å². The molecule has 1 aromatic rings. The highest BCUT2D eigenvalue weighted by molar-refractivity contribution is 7.13. The van der Waals surface area contributed by atoms with E-state index < -0.39 is 18.1 Å². The van der Waals surface area contributed by atoms with Gasteiger partial charge in [-0.3, -0.25) is 4.79 Å². The fourth-order valence-corrected chi connectivity index (χ4v) is 2.79. The van der Waals surface area contributed by atoms with E-state index in [9.17, 15) is 14.7 Å². The van der Waals surface area contributed by atoms with Crippen LogP contribution >= 0.6 is 11.3 Å². The topological polar surface area (TPSA) is 77.8 Å². The predicted molar refractivity (Wildman–Crippen MR) is 62.1 cm³/mol. The molecule has 0 saturated carbocycles. The zero-order chi connectivity index (χ0) is 12.6. The number of rotatable bonds is 2. The van der Waals surface area contributed by atoms with Crippen LogP contribution in [-0.4, -0.2) is 45.7 Å². The predicted octanol–water partition coefficient (Wildman–Crippen LogP) is 0.717. The largest absolute Gasteiger partial charge is 0.480 e. The molecule has 0 spiro atoms. The summed E-state index contributed by atoms with van der Waals surface area (Å²) >= 11 is 1.33. The summed E-state index contributed by atoms with van der Waals surface area (Å²) in [4.78, 5) is 25.8. The molecular formula is C11H13NO4S. The van der Waals surface area contributed by atoms with E-state index in [1.54, 1.807) is 6.07 Å².